The number of hydrogen-bond acceptors (Lipinski definition) is 0. The summed E-state index contributed by atoms with van der Waals surface area (Å²) in [5.74, 6) is 0. The molecule has 0 fully saturated rings. The van der Waals surface area contributed by atoms with E-state index in [-0.39, 0.29) is 5.56 Å². The van der Waals surface area contributed by atoms with Gasteiger partial charge in [-0.3, -0.25) is 0 Å². The molecule has 0 saturated heterocycles. The molecule has 16 heavy (non-hydrogen) atoms. The third kappa shape index (κ3) is 2.54. The molecule has 1 atom stereocenters. The van der Waals surface area contributed by atoms with Gasteiger partial charge < -0.3 is 0 Å². The van der Waals surface area contributed by atoms with Gasteiger partial charge in [0.15, 0.2) is 0 Å². The molecule has 2 heteroatoms. The Balaban J connectivity index is 2.40. The predicted octanol–water partition coefficient (Wildman–Crippen LogP) is 2.63. The highest BCUT2D eigenvalue weighted by molar-refractivity contribution is 7.74. The second kappa shape index (κ2) is 5.32. The molecular formula is C14H14BP. The lowest BCUT2D eigenvalue weighted by molar-refractivity contribution is 1.38. The van der Waals surface area contributed by atoms with E-state index in [0.29, 0.717) is 0 Å². The van der Waals surface area contributed by atoms with Gasteiger partial charge in [-0.1, -0.05) is 81.1 Å². The third-order valence-corrected chi connectivity index (χ3v) is 5.00. The molecular weight excluding hydrogens is 210 g/mol. The van der Waals surface area contributed by atoms with Crippen LogP contribution in [0.5, 0.6) is 0 Å². The van der Waals surface area contributed by atoms with Crippen molar-refractivity contribution < 1.29 is 0 Å². The molecule has 0 heterocycles. The van der Waals surface area contributed by atoms with E-state index in [4.69, 9.17) is 7.85 Å². The van der Waals surface area contributed by atoms with Gasteiger partial charge in [-0.05, 0) is 10.6 Å². The first-order chi connectivity index (χ1) is 7.79. The largest absolute Gasteiger partial charge is 0.0767 e. The van der Waals surface area contributed by atoms with Gasteiger partial charge >= 0.3 is 0 Å². The Bertz CT molecular complexity index is 386. The SMILES string of the molecule is [B]C(C)P(c1ccccc1)c1ccccc1. The number of rotatable bonds is 3. The third-order valence-electron chi connectivity index (χ3n) is 2.48. The molecule has 2 aromatic carbocycles. The summed E-state index contributed by atoms with van der Waals surface area (Å²) >= 11 is 0. The van der Waals surface area contributed by atoms with Crippen LogP contribution in [-0.2, 0) is 0 Å². The number of hydrogen-bond donors (Lipinski definition) is 0. The van der Waals surface area contributed by atoms with Crippen molar-refractivity contribution in [2.24, 2.45) is 0 Å². The van der Waals surface area contributed by atoms with Crippen LogP contribution in [-0.4, -0.2) is 13.4 Å². The van der Waals surface area contributed by atoms with E-state index in [2.05, 4.69) is 55.5 Å². The lowest BCUT2D eigenvalue weighted by Crippen LogP contribution is -2.19. The van der Waals surface area contributed by atoms with E-state index in [1.54, 1.807) is 0 Å². The van der Waals surface area contributed by atoms with Gasteiger partial charge in [0.1, 0.15) is 0 Å². The zero-order chi connectivity index (χ0) is 11.4. The van der Waals surface area contributed by atoms with E-state index < -0.39 is 7.92 Å². The molecule has 2 radical (unpaired) electrons. The molecule has 78 valence electrons. The second-order valence-corrected chi connectivity index (χ2v) is 6.37. The lowest BCUT2D eigenvalue weighted by Gasteiger charge is -2.22. The quantitative estimate of drug-likeness (QED) is 0.555. The van der Waals surface area contributed by atoms with Crippen LogP contribution in [0, 0.1) is 0 Å². The van der Waals surface area contributed by atoms with E-state index in [1.807, 2.05) is 12.1 Å². The van der Waals surface area contributed by atoms with Crippen LogP contribution in [0.4, 0.5) is 0 Å². The Kier molecular flexibility index (Phi) is 3.80. The van der Waals surface area contributed by atoms with Crippen molar-refractivity contribution in [3.8, 4) is 0 Å². The van der Waals surface area contributed by atoms with Gasteiger partial charge in [0.25, 0.3) is 0 Å². The van der Waals surface area contributed by atoms with Crippen molar-refractivity contribution in [1.29, 1.82) is 0 Å². The Morgan fingerprint density at radius 1 is 0.812 bits per heavy atom. The molecule has 0 aliphatic carbocycles. The fraction of sp³-hybridized carbons (Fsp3) is 0.143. The monoisotopic (exact) mass is 224 g/mol. The number of benzene rings is 2. The van der Waals surface area contributed by atoms with Crippen LogP contribution in [0.2, 0.25) is 0 Å². The summed E-state index contributed by atoms with van der Waals surface area (Å²) in [4.78, 5) is 0. The van der Waals surface area contributed by atoms with Crippen LogP contribution in [0.15, 0.2) is 60.7 Å². The second-order valence-electron chi connectivity index (χ2n) is 3.78. The van der Waals surface area contributed by atoms with E-state index in [0.717, 1.165) is 0 Å². The van der Waals surface area contributed by atoms with E-state index >= 15 is 0 Å². The summed E-state index contributed by atoms with van der Waals surface area (Å²) in [6.45, 7) is 2.09. The average Bonchev–Trinajstić information content (AvgIpc) is 2.31. The van der Waals surface area contributed by atoms with Gasteiger partial charge in [-0.25, -0.2) is 0 Å². The Hall–Kier alpha value is -1.07. The Labute approximate surface area is 99.9 Å². The van der Waals surface area contributed by atoms with Crippen LogP contribution in [0.1, 0.15) is 6.92 Å². The molecule has 0 bridgehead atoms. The topological polar surface area (TPSA) is 0 Å². The maximum atomic E-state index is 6.13. The van der Waals surface area contributed by atoms with E-state index in [1.165, 1.54) is 10.6 Å². The van der Waals surface area contributed by atoms with Crippen molar-refractivity contribution >= 4 is 26.4 Å². The molecule has 0 amide bonds. The van der Waals surface area contributed by atoms with Crippen LogP contribution in [0.25, 0.3) is 0 Å². The predicted molar refractivity (Wildman–Crippen MR) is 74.3 cm³/mol. The molecule has 2 aromatic rings. The maximum Gasteiger partial charge on any atom is 0.0767 e. The highest BCUT2D eigenvalue weighted by atomic mass is 31.1. The zero-order valence-electron chi connectivity index (χ0n) is 9.38. The van der Waals surface area contributed by atoms with Crippen molar-refractivity contribution in [3.05, 3.63) is 60.7 Å². The molecule has 1 unspecified atom stereocenters. The molecule has 0 N–H and O–H groups in total. The molecule has 0 spiro atoms. The first kappa shape index (κ1) is 11.4. The molecule has 0 aliphatic rings. The van der Waals surface area contributed by atoms with Crippen LogP contribution in [0.3, 0.4) is 0 Å². The first-order valence-corrected chi connectivity index (χ1v) is 6.85. The zero-order valence-corrected chi connectivity index (χ0v) is 10.3. The van der Waals surface area contributed by atoms with Gasteiger partial charge in [0.05, 0.1) is 7.85 Å². The van der Waals surface area contributed by atoms with E-state index in [9.17, 15) is 0 Å². The minimum absolute atomic E-state index is 0.180. The standard InChI is InChI=1S/C14H14BP/c1-12(15)16(13-8-4-2-5-9-13)14-10-6-3-7-11-14/h2-12H,1H3. The maximum absolute atomic E-state index is 6.13. The highest BCUT2D eigenvalue weighted by Crippen LogP contribution is 2.37. The summed E-state index contributed by atoms with van der Waals surface area (Å²) in [7, 11) is 5.70. The average molecular weight is 224 g/mol. The first-order valence-electron chi connectivity index (χ1n) is 5.44. The summed E-state index contributed by atoms with van der Waals surface area (Å²) in [5.41, 5.74) is 0.180. The Morgan fingerprint density at radius 2 is 1.19 bits per heavy atom. The summed E-state index contributed by atoms with van der Waals surface area (Å²) in [6, 6.07) is 21.1. The molecule has 0 nitrogen and oxygen atoms in total. The van der Waals surface area contributed by atoms with Crippen LogP contribution < -0.4 is 10.6 Å². The van der Waals surface area contributed by atoms with Gasteiger partial charge in [-0.2, -0.15) is 0 Å². The van der Waals surface area contributed by atoms with Gasteiger partial charge in [0.2, 0.25) is 0 Å². The smallest absolute Gasteiger partial charge is 0.0660 e. The lowest BCUT2D eigenvalue weighted by atomic mass is 10.1. The molecule has 0 aliphatic heterocycles. The highest BCUT2D eigenvalue weighted by Gasteiger charge is 2.16. The molecule has 2 rings (SSSR count). The Morgan fingerprint density at radius 3 is 1.50 bits per heavy atom. The summed E-state index contributed by atoms with van der Waals surface area (Å²) < 4.78 is 0. The normalized spacial score (nSPS) is 12.6. The van der Waals surface area contributed by atoms with Crippen molar-refractivity contribution in [3.63, 3.8) is 0 Å². The van der Waals surface area contributed by atoms with Crippen LogP contribution >= 0.6 is 7.92 Å². The fourth-order valence-electron chi connectivity index (χ4n) is 1.80. The fourth-order valence-corrected chi connectivity index (χ4v) is 4.02. The van der Waals surface area contributed by atoms with Crippen molar-refractivity contribution in [2.45, 2.75) is 12.5 Å². The molecule has 0 saturated carbocycles. The summed E-state index contributed by atoms with van der Waals surface area (Å²) in [6.07, 6.45) is 0. The van der Waals surface area contributed by atoms with Crippen molar-refractivity contribution in [1.82, 2.24) is 0 Å². The van der Waals surface area contributed by atoms with Crippen molar-refractivity contribution in [2.75, 3.05) is 0 Å². The van der Waals surface area contributed by atoms with Gasteiger partial charge in [0, 0.05) is 0 Å². The summed E-state index contributed by atoms with van der Waals surface area (Å²) in [5, 5.41) is 2.69. The van der Waals surface area contributed by atoms with Gasteiger partial charge in [-0.15, -0.1) is 0 Å². The minimum Gasteiger partial charge on any atom is -0.0660 e. The molecule has 0 aromatic heterocycles. The minimum atomic E-state index is -0.432.